The van der Waals surface area contributed by atoms with Crippen LogP contribution < -0.4 is 21.1 Å². The summed E-state index contributed by atoms with van der Waals surface area (Å²) in [4.78, 5) is 28.8. The van der Waals surface area contributed by atoms with Gasteiger partial charge in [-0.05, 0) is 24.3 Å². The average Bonchev–Trinajstić information content (AvgIpc) is 2.74. The minimum atomic E-state index is -0.387. The molecule has 150 valence electrons. The van der Waals surface area contributed by atoms with Crippen LogP contribution in [-0.4, -0.2) is 46.2 Å². The largest absolute Gasteiger partial charge is 0.474 e. The van der Waals surface area contributed by atoms with Crippen LogP contribution in [0.4, 0.5) is 17.2 Å². The SMILES string of the molecule is COCCOc1cnc(C(=O)Nc2ccnc(CNc3cccnc3N)c2)cn1. The molecule has 29 heavy (non-hydrogen) atoms. The van der Waals surface area contributed by atoms with E-state index in [9.17, 15) is 4.79 Å². The zero-order valence-corrected chi connectivity index (χ0v) is 15.8. The van der Waals surface area contributed by atoms with Gasteiger partial charge in [0.05, 0.1) is 36.9 Å². The van der Waals surface area contributed by atoms with Crippen LogP contribution in [0, 0.1) is 0 Å². The fourth-order valence-corrected chi connectivity index (χ4v) is 2.34. The number of nitrogens with one attached hydrogen (secondary N) is 2. The number of carbonyl (C=O) groups is 1. The monoisotopic (exact) mass is 395 g/mol. The molecule has 0 aromatic carbocycles. The number of hydrogen-bond acceptors (Lipinski definition) is 9. The molecule has 0 aliphatic rings. The van der Waals surface area contributed by atoms with Gasteiger partial charge in [-0.1, -0.05) is 0 Å². The lowest BCUT2D eigenvalue weighted by molar-refractivity contribution is 0.102. The fourth-order valence-electron chi connectivity index (χ4n) is 2.34. The Hall–Kier alpha value is -3.79. The summed E-state index contributed by atoms with van der Waals surface area (Å²) in [6, 6.07) is 7.07. The molecule has 10 heteroatoms. The lowest BCUT2D eigenvalue weighted by atomic mass is 10.3. The molecular weight excluding hydrogens is 374 g/mol. The second-order valence-corrected chi connectivity index (χ2v) is 5.86. The van der Waals surface area contributed by atoms with E-state index in [-0.39, 0.29) is 11.6 Å². The number of aromatic nitrogens is 4. The minimum absolute atomic E-state index is 0.170. The maximum absolute atomic E-state index is 12.4. The number of ether oxygens (including phenoxy) is 2. The van der Waals surface area contributed by atoms with Crippen LogP contribution in [0.1, 0.15) is 16.2 Å². The Morgan fingerprint density at radius 1 is 1.10 bits per heavy atom. The lowest BCUT2D eigenvalue weighted by Crippen LogP contribution is -2.15. The van der Waals surface area contributed by atoms with E-state index >= 15 is 0 Å². The van der Waals surface area contributed by atoms with Crippen molar-refractivity contribution in [2.45, 2.75) is 6.54 Å². The van der Waals surface area contributed by atoms with E-state index in [0.29, 0.717) is 42.8 Å². The Kier molecular flexibility index (Phi) is 6.85. The lowest BCUT2D eigenvalue weighted by Gasteiger charge is -2.10. The first-order chi connectivity index (χ1) is 14.2. The Labute approximate surface area is 167 Å². The standard InChI is InChI=1S/C19H21N7O3/c1-28-7-8-29-17-12-24-16(11-25-17)19(27)26-13-4-6-21-14(9-13)10-23-15-3-2-5-22-18(15)20/h2-6,9,11-12,23H,7-8,10H2,1H3,(H2,20,22)(H,21,26,27). The molecule has 4 N–H and O–H groups in total. The molecule has 10 nitrogen and oxygen atoms in total. The van der Waals surface area contributed by atoms with Gasteiger partial charge in [0.15, 0.2) is 0 Å². The van der Waals surface area contributed by atoms with Crippen molar-refractivity contribution in [3.05, 3.63) is 60.4 Å². The van der Waals surface area contributed by atoms with Crippen LogP contribution in [-0.2, 0) is 11.3 Å². The summed E-state index contributed by atoms with van der Waals surface area (Å²) in [5.74, 6) is 0.346. The van der Waals surface area contributed by atoms with E-state index in [1.54, 1.807) is 37.7 Å². The summed E-state index contributed by atoms with van der Waals surface area (Å²) in [5.41, 5.74) is 8.00. The third-order valence-corrected chi connectivity index (χ3v) is 3.77. The van der Waals surface area contributed by atoms with Crippen molar-refractivity contribution in [1.82, 2.24) is 19.9 Å². The van der Waals surface area contributed by atoms with Crippen molar-refractivity contribution >= 4 is 23.1 Å². The fraction of sp³-hybridized carbons (Fsp3) is 0.211. The van der Waals surface area contributed by atoms with E-state index in [4.69, 9.17) is 15.2 Å². The smallest absolute Gasteiger partial charge is 0.275 e. The average molecular weight is 395 g/mol. The van der Waals surface area contributed by atoms with Crippen molar-refractivity contribution in [2.24, 2.45) is 0 Å². The highest BCUT2D eigenvalue weighted by Crippen LogP contribution is 2.16. The van der Waals surface area contributed by atoms with Gasteiger partial charge in [0, 0.05) is 25.2 Å². The van der Waals surface area contributed by atoms with Gasteiger partial charge in [0.1, 0.15) is 18.1 Å². The normalized spacial score (nSPS) is 10.4. The van der Waals surface area contributed by atoms with Crippen LogP contribution in [0.25, 0.3) is 0 Å². The van der Waals surface area contributed by atoms with Crippen LogP contribution >= 0.6 is 0 Å². The first-order valence-corrected chi connectivity index (χ1v) is 8.80. The number of methoxy groups -OCH3 is 1. The number of pyridine rings is 2. The van der Waals surface area contributed by atoms with Gasteiger partial charge in [-0.15, -0.1) is 0 Å². The summed E-state index contributed by atoms with van der Waals surface area (Å²) < 4.78 is 10.2. The molecule has 0 saturated carbocycles. The Bertz CT molecular complexity index is 951. The molecule has 0 fully saturated rings. The molecule has 0 aliphatic carbocycles. The van der Waals surface area contributed by atoms with E-state index in [1.807, 2.05) is 6.07 Å². The van der Waals surface area contributed by atoms with Gasteiger partial charge in [0.25, 0.3) is 5.91 Å². The number of carbonyl (C=O) groups excluding carboxylic acids is 1. The summed E-state index contributed by atoms with van der Waals surface area (Å²) >= 11 is 0. The highest BCUT2D eigenvalue weighted by atomic mass is 16.5. The van der Waals surface area contributed by atoms with Crippen molar-refractivity contribution in [3.8, 4) is 5.88 Å². The molecule has 0 unspecified atom stereocenters. The molecule has 1 amide bonds. The molecular formula is C19H21N7O3. The van der Waals surface area contributed by atoms with Gasteiger partial charge in [0.2, 0.25) is 5.88 Å². The number of anilines is 3. The zero-order valence-electron chi connectivity index (χ0n) is 15.8. The summed E-state index contributed by atoms with van der Waals surface area (Å²) in [5, 5.41) is 5.93. The van der Waals surface area contributed by atoms with E-state index < -0.39 is 0 Å². The van der Waals surface area contributed by atoms with E-state index in [1.165, 1.54) is 12.4 Å². The van der Waals surface area contributed by atoms with Crippen molar-refractivity contribution in [3.63, 3.8) is 0 Å². The Balaban J connectivity index is 1.58. The predicted molar refractivity (Wildman–Crippen MR) is 108 cm³/mol. The molecule has 0 bridgehead atoms. The molecule has 0 aliphatic heterocycles. The molecule has 0 spiro atoms. The van der Waals surface area contributed by atoms with Crippen LogP contribution in [0.15, 0.2) is 49.1 Å². The maximum Gasteiger partial charge on any atom is 0.275 e. The number of rotatable bonds is 9. The minimum Gasteiger partial charge on any atom is -0.474 e. The van der Waals surface area contributed by atoms with Crippen LogP contribution in [0.2, 0.25) is 0 Å². The molecule has 0 saturated heterocycles. The van der Waals surface area contributed by atoms with Crippen molar-refractivity contribution in [1.29, 1.82) is 0 Å². The maximum atomic E-state index is 12.4. The van der Waals surface area contributed by atoms with E-state index in [0.717, 1.165) is 5.69 Å². The first kappa shape index (κ1) is 20.0. The Morgan fingerprint density at radius 2 is 2.00 bits per heavy atom. The molecule has 0 radical (unpaired) electrons. The predicted octanol–water partition coefficient (Wildman–Crippen LogP) is 1.74. The molecule has 3 aromatic heterocycles. The topological polar surface area (TPSA) is 137 Å². The second kappa shape index (κ2) is 9.95. The highest BCUT2D eigenvalue weighted by molar-refractivity contribution is 6.02. The Morgan fingerprint density at radius 3 is 2.76 bits per heavy atom. The third kappa shape index (κ3) is 5.84. The second-order valence-electron chi connectivity index (χ2n) is 5.86. The van der Waals surface area contributed by atoms with Gasteiger partial charge >= 0.3 is 0 Å². The third-order valence-electron chi connectivity index (χ3n) is 3.77. The van der Waals surface area contributed by atoms with E-state index in [2.05, 4.69) is 30.6 Å². The van der Waals surface area contributed by atoms with Crippen molar-refractivity contribution in [2.75, 3.05) is 36.7 Å². The number of amides is 1. The molecule has 0 atom stereocenters. The zero-order chi connectivity index (χ0) is 20.5. The number of nitrogen functional groups attached to an aromatic ring is 1. The number of nitrogens with zero attached hydrogens (tertiary/aromatic N) is 4. The van der Waals surface area contributed by atoms with Gasteiger partial charge < -0.3 is 25.8 Å². The van der Waals surface area contributed by atoms with Gasteiger partial charge in [-0.2, -0.15) is 0 Å². The van der Waals surface area contributed by atoms with Crippen molar-refractivity contribution < 1.29 is 14.3 Å². The molecule has 3 rings (SSSR count). The number of hydrogen-bond donors (Lipinski definition) is 3. The quantitative estimate of drug-likeness (QED) is 0.463. The van der Waals surface area contributed by atoms with Gasteiger partial charge in [-0.3, -0.25) is 9.78 Å². The van der Waals surface area contributed by atoms with Gasteiger partial charge in [-0.25, -0.2) is 15.0 Å². The van der Waals surface area contributed by atoms with Crippen LogP contribution in [0.3, 0.4) is 0 Å². The summed E-state index contributed by atoms with van der Waals surface area (Å²) in [7, 11) is 1.58. The first-order valence-electron chi connectivity index (χ1n) is 8.80. The molecule has 3 heterocycles. The molecule has 3 aromatic rings. The highest BCUT2D eigenvalue weighted by Gasteiger charge is 2.10. The summed E-state index contributed by atoms with van der Waals surface area (Å²) in [6.07, 6.45) is 5.98. The summed E-state index contributed by atoms with van der Waals surface area (Å²) in [6.45, 7) is 1.22. The number of nitrogens with two attached hydrogens (primary N) is 1. The van der Waals surface area contributed by atoms with Crippen LogP contribution in [0.5, 0.6) is 5.88 Å².